The van der Waals surface area contributed by atoms with Gasteiger partial charge in [0.15, 0.2) is 0 Å². The molecule has 4 nitrogen and oxygen atoms in total. The van der Waals surface area contributed by atoms with Gasteiger partial charge in [0.25, 0.3) is 5.69 Å². The molecule has 1 N–H and O–H groups in total. The number of nitrogens with zero attached hydrogens (tertiary/aromatic N) is 1. The van der Waals surface area contributed by atoms with E-state index in [0.717, 1.165) is 17.8 Å². The largest absolute Gasteiger partial charge is 0.383 e. The number of thioether (sulfide) groups is 1. The van der Waals surface area contributed by atoms with Crippen molar-refractivity contribution in [2.24, 2.45) is 0 Å². The van der Waals surface area contributed by atoms with Crippen LogP contribution in [0.1, 0.15) is 19.4 Å². The van der Waals surface area contributed by atoms with E-state index in [1.165, 1.54) is 6.07 Å². The van der Waals surface area contributed by atoms with Crippen molar-refractivity contribution in [2.75, 3.05) is 18.1 Å². The first kappa shape index (κ1) is 13.8. The van der Waals surface area contributed by atoms with Crippen molar-refractivity contribution in [3.05, 3.63) is 33.9 Å². The van der Waals surface area contributed by atoms with E-state index in [1.807, 2.05) is 6.92 Å². The Morgan fingerprint density at radius 2 is 2.12 bits per heavy atom. The minimum absolute atomic E-state index is 0.108. The van der Waals surface area contributed by atoms with Gasteiger partial charge in [-0.1, -0.05) is 6.07 Å². The van der Waals surface area contributed by atoms with Crippen LogP contribution < -0.4 is 5.32 Å². The first-order chi connectivity index (χ1) is 7.85. The number of nitro groups is 1. The molecule has 0 aromatic heterocycles. The summed E-state index contributed by atoms with van der Waals surface area (Å²) in [5.41, 5.74) is 1.98. The molecule has 0 spiro atoms. The zero-order valence-electron chi connectivity index (χ0n) is 10.6. The summed E-state index contributed by atoms with van der Waals surface area (Å²) >= 11 is 1.77. The highest BCUT2D eigenvalue weighted by Gasteiger charge is 2.16. The number of hydrogen-bond acceptors (Lipinski definition) is 4. The molecule has 1 aromatic rings. The van der Waals surface area contributed by atoms with E-state index in [1.54, 1.807) is 23.9 Å². The van der Waals surface area contributed by atoms with Gasteiger partial charge in [-0.05, 0) is 32.6 Å². The van der Waals surface area contributed by atoms with Crippen molar-refractivity contribution in [1.29, 1.82) is 0 Å². The van der Waals surface area contributed by atoms with Crippen LogP contribution in [0.5, 0.6) is 0 Å². The Hall–Kier alpha value is -1.23. The Labute approximate surface area is 106 Å². The predicted octanol–water partition coefficient (Wildman–Crippen LogP) is 3.46. The Kier molecular flexibility index (Phi) is 4.40. The number of nitrogens with one attached hydrogen (secondary N) is 1. The Morgan fingerprint density at radius 3 is 2.65 bits per heavy atom. The number of nitro benzene ring substituents is 1. The lowest BCUT2D eigenvalue weighted by atomic mass is 10.1. The lowest BCUT2D eigenvalue weighted by Gasteiger charge is -2.23. The number of rotatable bonds is 5. The highest BCUT2D eigenvalue weighted by molar-refractivity contribution is 7.99. The molecule has 0 aliphatic carbocycles. The van der Waals surface area contributed by atoms with E-state index in [0.29, 0.717) is 0 Å². The van der Waals surface area contributed by atoms with Crippen LogP contribution in [0.15, 0.2) is 18.2 Å². The fraction of sp³-hybridized carbons (Fsp3) is 0.500. The molecule has 0 heterocycles. The molecule has 0 radical (unpaired) electrons. The van der Waals surface area contributed by atoms with Gasteiger partial charge in [0.05, 0.1) is 4.92 Å². The van der Waals surface area contributed by atoms with Crippen LogP contribution >= 0.6 is 11.8 Å². The summed E-state index contributed by atoms with van der Waals surface area (Å²) in [6.07, 6.45) is 2.06. The molecule has 0 unspecified atom stereocenters. The maximum Gasteiger partial charge on any atom is 0.271 e. The first-order valence-corrected chi connectivity index (χ1v) is 6.62. The average molecular weight is 254 g/mol. The van der Waals surface area contributed by atoms with E-state index >= 15 is 0 Å². The van der Waals surface area contributed by atoms with E-state index in [4.69, 9.17) is 0 Å². The normalized spacial score (nSPS) is 11.3. The van der Waals surface area contributed by atoms with Gasteiger partial charge in [-0.3, -0.25) is 10.1 Å². The van der Waals surface area contributed by atoms with Crippen molar-refractivity contribution in [1.82, 2.24) is 0 Å². The monoisotopic (exact) mass is 254 g/mol. The lowest BCUT2D eigenvalue weighted by molar-refractivity contribution is -0.384. The van der Waals surface area contributed by atoms with Crippen molar-refractivity contribution in [3.63, 3.8) is 0 Å². The number of hydrogen-bond donors (Lipinski definition) is 1. The quantitative estimate of drug-likeness (QED) is 0.646. The Balaban J connectivity index is 2.83. The number of anilines is 1. The van der Waals surface area contributed by atoms with Crippen LogP contribution in [0.3, 0.4) is 0 Å². The third-order valence-corrected chi connectivity index (χ3v) is 3.94. The van der Waals surface area contributed by atoms with Crippen LogP contribution in [-0.2, 0) is 0 Å². The summed E-state index contributed by atoms with van der Waals surface area (Å²) < 4.78 is 0.108. The molecule has 0 saturated heterocycles. The molecule has 94 valence electrons. The molecule has 0 atom stereocenters. The maximum absolute atomic E-state index is 10.7. The van der Waals surface area contributed by atoms with Gasteiger partial charge in [-0.15, -0.1) is 0 Å². The van der Waals surface area contributed by atoms with Crippen molar-refractivity contribution in [3.8, 4) is 0 Å². The molecular weight excluding hydrogens is 236 g/mol. The zero-order chi connectivity index (χ0) is 13.1. The highest BCUT2D eigenvalue weighted by atomic mass is 32.2. The van der Waals surface area contributed by atoms with E-state index in [2.05, 4.69) is 25.4 Å². The van der Waals surface area contributed by atoms with Gasteiger partial charge in [-0.25, -0.2) is 0 Å². The topological polar surface area (TPSA) is 55.2 Å². The Morgan fingerprint density at radius 1 is 1.47 bits per heavy atom. The van der Waals surface area contributed by atoms with Crippen LogP contribution in [0.2, 0.25) is 0 Å². The minimum Gasteiger partial charge on any atom is -0.383 e. The van der Waals surface area contributed by atoms with Crippen molar-refractivity contribution < 1.29 is 4.92 Å². The Bertz CT molecular complexity index is 419. The highest BCUT2D eigenvalue weighted by Crippen LogP contribution is 2.25. The summed E-state index contributed by atoms with van der Waals surface area (Å²) in [5.74, 6) is 0. The van der Waals surface area contributed by atoms with E-state index in [9.17, 15) is 10.1 Å². The van der Waals surface area contributed by atoms with Crippen LogP contribution in [0.25, 0.3) is 0 Å². The lowest BCUT2D eigenvalue weighted by Crippen LogP contribution is -2.26. The second kappa shape index (κ2) is 5.40. The van der Waals surface area contributed by atoms with Gasteiger partial charge in [0, 0.05) is 29.1 Å². The van der Waals surface area contributed by atoms with E-state index in [-0.39, 0.29) is 15.4 Å². The average Bonchev–Trinajstić information content (AvgIpc) is 2.27. The van der Waals surface area contributed by atoms with Crippen LogP contribution in [0, 0.1) is 17.0 Å². The summed E-state index contributed by atoms with van der Waals surface area (Å²) in [5, 5.41) is 14.0. The molecule has 0 bridgehead atoms. The van der Waals surface area contributed by atoms with Crippen LogP contribution in [0.4, 0.5) is 11.4 Å². The number of aryl methyl sites for hydroxylation is 1. The summed E-state index contributed by atoms with van der Waals surface area (Å²) in [6.45, 7) is 6.99. The minimum atomic E-state index is -0.371. The predicted molar refractivity (Wildman–Crippen MR) is 73.9 cm³/mol. The molecule has 5 heteroatoms. The molecular formula is C12H18N2O2S. The summed E-state index contributed by atoms with van der Waals surface area (Å²) in [7, 11) is 0. The van der Waals surface area contributed by atoms with Gasteiger partial charge >= 0.3 is 0 Å². The molecule has 17 heavy (non-hydrogen) atoms. The third kappa shape index (κ3) is 3.93. The summed E-state index contributed by atoms with van der Waals surface area (Å²) in [4.78, 5) is 10.3. The van der Waals surface area contributed by atoms with E-state index < -0.39 is 0 Å². The van der Waals surface area contributed by atoms with Gasteiger partial charge in [-0.2, -0.15) is 11.8 Å². The standard InChI is InChI=1S/C12H18N2O2S/c1-9-5-6-10(14(15)16)7-11(9)13-8-12(2,3)17-4/h5-7,13H,8H2,1-4H3. The molecule has 0 amide bonds. The maximum atomic E-state index is 10.7. The fourth-order valence-electron chi connectivity index (χ4n) is 1.29. The molecule has 0 fully saturated rings. The molecule has 1 rings (SSSR count). The second-order valence-corrected chi connectivity index (χ2v) is 6.09. The number of benzene rings is 1. The van der Waals surface area contributed by atoms with Gasteiger partial charge in [0.2, 0.25) is 0 Å². The second-order valence-electron chi connectivity index (χ2n) is 4.57. The third-order valence-electron chi connectivity index (χ3n) is 2.69. The van der Waals surface area contributed by atoms with Crippen LogP contribution in [-0.4, -0.2) is 22.5 Å². The first-order valence-electron chi connectivity index (χ1n) is 5.40. The smallest absolute Gasteiger partial charge is 0.271 e. The molecule has 0 aliphatic heterocycles. The fourth-order valence-corrected chi connectivity index (χ4v) is 1.51. The zero-order valence-corrected chi connectivity index (χ0v) is 11.4. The molecule has 0 saturated carbocycles. The molecule has 0 aliphatic rings. The van der Waals surface area contributed by atoms with Gasteiger partial charge < -0.3 is 5.32 Å². The number of non-ortho nitro benzene ring substituents is 1. The SMILES string of the molecule is CSC(C)(C)CNc1cc([N+](=O)[O-])ccc1C. The molecule has 1 aromatic carbocycles. The van der Waals surface area contributed by atoms with Crippen molar-refractivity contribution >= 4 is 23.1 Å². The van der Waals surface area contributed by atoms with Crippen molar-refractivity contribution in [2.45, 2.75) is 25.5 Å². The summed E-state index contributed by atoms with van der Waals surface area (Å²) in [6, 6.07) is 4.89. The van der Waals surface area contributed by atoms with Gasteiger partial charge in [0.1, 0.15) is 0 Å².